The van der Waals surface area contributed by atoms with Crippen molar-refractivity contribution < 1.29 is 14.3 Å². The molecule has 0 saturated heterocycles. The van der Waals surface area contributed by atoms with Crippen LogP contribution in [0.5, 0.6) is 11.5 Å². The molecule has 22 heavy (non-hydrogen) atoms. The first-order valence-corrected chi connectivity index (χ1v) is 7.69. The smallest absolute Gasteiger partial charge is 0.250 e. The Morgan fingerprint density at radius 1 is 1.36 bits per heavy atom. The summed E-state index contributed by atoms with van der Waals surface area (Å²) in [4.78, 5) is 15.8. The van der Waals surface area contributed by atoms with Gasteiger partial charge in [0.25, 0.3) is 0 Å². The molecule has 1 amide bonds. The summed E-state index contributed by atoms with van der Waals surface area (Å²) in [5.74, 6) is 1.09. The van der Waals surface area contributed by atoms with Gasteiger partial charge in [-0.05, 0) is 37.6 Å². The van der Waals surface area contributed by atoms with Crippen LogP contribution < -0.4 is 14.8 Å². The van der Waals surface area contributed by atoms with Crippen molar-refractivity contribution in [2.75, 3.05) is 12.4 Å². The molecule has 1 aromatic heterocycles. The Hall–Kier alpha value is -2.34. The second-order valence-electron chi connectivity index (χ2n) is 4.74. The van der Waals surface area contributed by atoms with Crippen molar-refractivity contribution in [1.82, 2.24) is 4.98 Å². The summed E-state index contributed by atoms with van der Waals surface area (Å²) in [7, 11) is 1.59. The molecule has 0 bridgehead atoms. The summed E-state index contributed by atoms with van der Waals surface area (Å²) >= 11 is 1.37. The van der Waals surface area contributed by atoms with Crippen LogP contribution >= 0.6 is 11.3 Å². The number of rotatable bonds is 6. The first-order valence-electron chi connectivity index (χ1n) is 6.81. The van der Waals surface area contributed by atoms with E-state index in [1.54, 1.807) is 24.8 Å². The van der Waals surface area contributed by atoms with Gasteiger partial charge in [-0.3, -0.25) is 10.1 Å². The maximum absolute atomic E-state index is 11.8. The highest BCUT2D eigenvalue weighted by atomic mass is 32.1. The van der Waals surface area contributed by atoms with E-state index in [1.165, 1.54) is 17.4 Å². The number of benzene rings is 1. The molecule has 1 N–H and O–H groups in total. The molecule has 0 saturated carbocycles. The molecule has 0 radical (unpaired) electrons. The van der Waals surface area contributed by atoms with Gasteiger partial charge in [-0.25, -0.2) is 4.98 Å². The van der Waals surface area contributed by atoms with Crippen molar-refractivity contribution in [2.24, 2.45) is 0 Å². The number of hydrogen-bond donors (Lipinski definition) is 1. The van der Waals surface area contributed by atoms with Crippen molar-refractivity contribution >= 4 is 28.5 Å². The second kappa shape index (κ2) is 7.61. The zero-order chi connectivity index (χ0) is 15.9. The highest BCUT2D eigenvalue weighted by Gasteiger charge is 2.07. The molecule has 116 valence electrons. The van der Waals surface area contributed by atoms with Crippen LogP contribution in [0.25, 0.3) is 6.08 Å². The maximum Gasteiger partial charge on any atom is 0.250 e. The largest absolute Gasteiger partial charge is 0.493 e. The first kappa shape index (κ1) is 16.0. The topological polar surface area (TPSA) is 60.5 Å². The predicted octanol–water partition coefficient (Wildman–Crippen LogP) is 3.59. The molecule has 0 fully saturated rings. The minimum atomic E-state index is -0.226. The van der Waals surface area contributed by atoms with Gasteiger partial charge in [0.05, 0.1) is 13.2 Å². The molecule has 1 aromatic carbocycles. The van der Waals surface area contributed by atoms with E-state index in [9.17, 15) is 4.79 Å². The fourth-order valence-corrected chi connectivity index (χ4v) is 2.28. The van der Waals surface area contributed by atoms with E-state index in [4.69, 9.17) is 9.47 Å². The quantitative estimate of drug-likeness (QED) is 0.827. The lowest BCUT2D eigenvalue weighted by Gasteiger charge is -2.13. The molecule has 2 aromatic rings. The monoisotopic (exact) mass is 318 g/mol. The van der Waals surface area contributed by atoms with Crippen LogP contribution in [0.4, 0.5) is 5.13 Å². The Labute approximate surface area is 133 Å². The van der Waals surface area contributed by atoms with E-state index in [-0.39, 0.29) is 12.0 Å². The fourth-order valence-electron chi connectivity index (χ4n) is 1.74. The zero-order valence-electron chi connectivity index (χ0n) is 12.7. The summed E-state index contributed by atoms with van der Waals surface area (Å²) < 4.78 is 11.0. The van der Waals surface area contributed by atoms with E-state index in [0.29, 0.717) is 16.6 Å². The Bertz CT molecular complexity index is 651. The number of carbonyl (C=O) groups is 1. The van der Waals surface area contributed by atoms with E-state index < -0.39 is 0 Å². The van der Waals surface area contributed by atoms with Gasteiger partial charge in [-0.2, -0.15) is 0 Å². The average molecular weight is 318 g/mol. The number of aromatic nitrogens is 1. The molecule has 1 heterocycles. The Kier molecular flexibility index (Phi) is 5.55. The number of nitrogens with zero attached hydrogens (tertiary/aromatic N) is 1. The third-order valence-corrected chi connectivity index (χ3v) is 3.33. The first-order chi connectivity index (χ1) is 10.6. The number of amides is 1. The van der Waals surface area contributed by atoms with Gasteiger partial charge in [0.1, 0.15) is 0 Å². The molecule has 5 nitrogen and oxygen atoms in total. The van der Waals surface area contributed by atoms with Gasteiger partial charge >= 0.3 is 0 Å². The van der Waals surface area contributed by atoms with Crippen LogP contribution in [0.15, 0.2) is 35.9 Å². The maximum atomic E-state index is 11.8. The highest BCUT2D eigenvalue weighted by Crippen LogP contribution is 2.29. The van der Waals surface area contributed by atoms with E-state index in [0.717, 1.165) is 5.56 Å². The number of carbonyl (C=O) groups excluding carboxylic acids is 1. The summed E-state index contributed by atoms with van der Waals surface area (Å²) in [5.41, 5.74) is 0.849. The molecular formula is C16H18N2O3S. The van der Waals surface area contributed by atoms with Gasteiger partial charge in [-0.1, -0.05) is 6.07 Å². The van der Waals surface area contributed by atoms with Crippen molar-refractivity contribution in [1.29, 1.82) is 0 Å². The lowest BCUT2D eigenvalue weighted by atomic mass is 10.2. The SMILES string of the molecule is COc1cc(C=CC(=O)Nc2nccs2)ccc1OC(C)C. The average Bonchev–Trinajstić information content (AvgIpc) is 2.98. The highest BCUT2D eigenvalue weighted by molar-refractivity contribution is 7.13. The lowest BCUT2D eigenvalue weighted by Crippen LogP contribution is -2.07. The third-order valence-electron chi connectivity index (χ3n) is 2.64. The number of ether oxygens (including phenoxy) is 2. The molecule has 2 rings (SSSR count). The van der Waals surface area contributed by atoms with Crippen LogP contribution in [0.2, 0.25) is 0 Å². The van der Waals surface area contributed by atoms with Crippen LogP contribution in [0, 0.1) is 0 Å². The molecular weight excluding hydrogens is 300 g/mol. The van der Waals surface area contributed by atoms with Gasteiger partial charge in [0, 0.05) is 17.7 Å². The number of hydrogen-bond acceptors (Lipinski definition) is 5. The number of methoxy groups -OCH3 is 1. The number of thiazole rings is 1. The Balaban J connectivity index is 2.05. The molecule has 0 aliphatic rings. The Morgan fingerprint density at radius 2 is 2.18 bits per heavy atom. The Morgan fingerprint density at radius 3 is 2.82 bits per heavy atom. The molecule has 0 unspecified atom stereocenters. The van der Waals surface area contributed by atoms with Crippen LogP contribution in [0.1, 0.15) is 19.4 Å². The van der Waals surface area contributed by atoms with Crippen molar-refractivity contribution in [2.45, 2.75) is 20.0 Å². The fraction of sp³-hybridized carbons (Fsp3) is 0.250. The third kappa shape index (κ3) is 4.60. The van der Waals surface area contributed by atoms with Crippen LogP contribution in [-0.2, 0) is 4.79 Å². The molecule has 6 heteroatoms. The van der Waals surface area contributed by atoms with Crippen LogP contribution in [-0.4, -0.2) is 24.1 Å². The molecule has 0 aliphatic heterocycles. The summed E-state index contributed by atoms with van der Waals surface area (Å²) in [5, 5.41) is 5.06. The minimum absolute atomic E-state index is 0.0689. The van der Waals surface area contributed by atoms with Gasteiger partial charge in [-0.15, -0.1) is 11.3 Å². The summed E-state index contributed by atoms with van der Waals surface area (Å²) in [6.07, 6.45) is 4.88. The molecule has 0 atom stereocenters. The lowest BCUT2D eigenvalue weighted by molar-refractivity contribution is -0.111. The normalized spacial score (nSPS) is 10.9. The van der Waals surface area contributed by atoms with Crippen LogP contribution in [0.3, 0.4) is 0 Å². The summed E-state index contributed by atoms with van der Waals surface area (Å²) in [6.45, 7) is 3.91. The minimum Gasteiger partial charge on any atom is -0.493 e. The molecule has 0 spiro atoms. The van der Waals surface area contributed by atoms with Gasteiger partial charge in [0.15, 0.2) is 16.6 Å². The second-order valence-corrected chi connectivity index (χ2v) is 5.63. The van der Waals surface area contributed by atoms with Gasteiger partial charge < -0.3 is 9.47 Å². The number of anilines is 1. The van der Waals surface area contributed by atoms with E-state index in [2.05, 4.69) is 10.3 Å². The van der Waals surface area contributed by atoms with Crippen molar-refractivity contribution in [3.8, 4) is 11.5 Å². The van der Waals surface area contributed by atoms with E-state index in [1.807, 2.05) is 32.0 Å². The van der Waals surface area contributed by atoms with Crippen molar-refractivity contribution in [3.05, 3.63) is 41.4 Å². The van der Waals surface area contributed by atoms with E-state index >= 15 is 0 Å². The van der Waals surface area contributed by atoms with Gasteiger partial charge in [0.2, 0.25) is 5.91 Å². The number of nitrogens with one attached hydrogen (secondary N) is 1. The zero-order valence-corrected chi connectivity index (χ0v) is 13.5. The summed E-state index contributed by atoms with van der Waals surface area (Å²) in [6, 6.07) is 5.52. The van der Waals surface area contributed by atoms with Crippen molar-refractivity contribution in [3.63, 3.8) is 0 Å². The standard InChI is InChI=1S/C16H18N2O3S/c1-11(2)21-13-6-4-12(10-14(13)20-3)5-7-15(19)18-16-17-8-9-22-16/h4-11H,1-3H3,(H,17,18,19). The molecule has 0 aliphatic carbocycles. The predicted molar refractivity (Wildman–Crippen MR) is 88.5 cm³/mol.